The van der Waals surface area contributed by atoms with Gasteiger partial charge < -0.3 is 18.7 Å². The average Bonchev–Trinajstić information content (AvgIpc) is 3.26. The lowest BCUT2D eigenvalue weighted by atomic mass is 10.1. The Kier molecular flexibility index (Phi) is 5.20. The normalized spacial score (nSPS) is 20.1. The molecule has 7 heteroatoms. The van der Waals surface area contributed by atoms with Gasteiger partial charge in [0.05, 0.1) is 26.4 Å². The Morgan fingerprint density at radius 1 is 1.19 bits per heavy atom. The first kappa shape index (κ1) is 18.1. The largest absolute Gasteiger partial charge is 0.496 e. The zero-order valence-electron chi connectivity index (χ0n) is 16.2. The van der Waals surface area contributed by atoms with Crippen molar-refractivity contribution in [2.24, 2.45) is 0 Å². The van der Waals surface area contributed by atoms with Crippen LogP contribution >= 0.6 is 0 Å². The van der Waals surface area contributed by atoms with E-state index in [0.29, 0.717) is 19.1 Å². The van der Waals surface area contributed by atoms with Gasteiger partial charge in [-0.1, -0.05) is 19.0 Å². The van der Waals surface area contributed by atoms with Gasteiger partial charge >= 0.3 is 0 Å². The number of likely N-dealkylation sites (tertiary alicyclic amines) is 1. The molecule has 1 saturated heterocycles. The van der Waals surface area contributed by atoms with Crippen LogP contribution in [0.4, 0.5) is 0 Å². The molecule has 1 atom stereocenters. The van der Waals surface area contributed by atoms with Crippen molar-refractivity contribution in [3.05, 3.63) is 29.4 Å². The molecule has 4 rings (SSSR count). The summed E-state index contributed by atoms with van der Waals surface area (Å²) in [6.07, 6.45) is 3.01. The van der Waals surface area contributed by atoms with Gasteiger partial charge in [0.1, 0.15) is 5.75 Å². The molecule has 3 heterocycles. The van der Waals surface area contributed by atoms with Crippen LogP contribution in [-0.2, 0) is 6.54 Å². The monoisotopic (exact) mass is 373 g/mol. The number of aromatic nitrogens is 2. The number of methoxy groups -OCH3 is 1. The van der Waals surface area contributed by atoms with E-state index < -0.39 is 0 Å². The Balaban J connectivity index is 1.57. The van der Waals surface area contributed by atoms with Gasteiger partial charge in [0, 0.05) is 30.5 Å². The molecule has 0 N–H and O–H groups in total. The lowest BCUT2D eigenvalue weighted by Crippen LogP contribution is -2.23. The maximum atomic E-state index is 5.85. The summed E-state index contributed by atoms with van der Waals surface area (Å²) in [6.45, 7) is 7.21. The molecule has 0 saturated carbocycles. The van der Waals surface area contributed by atoms with Crippen LogP contribution in [0.15, 0.2) is 16.7 Å². The van der Waals surface area contributed by atoms with Gasteiger partial charge in [0.15, 0.2) is 17.3 Å². The SMILES string of the molecule is COc1cc2c(cc1CN1CCC[C@H]1c1nc(C(C)C)no1)OCCCO2. The van der Waals surface area contributed by atoms with Crippen molar-refractivity contribution in [3.63, 3.8) is 0 Å². The molecule has 0 spiro atoms. The van der Waals surface area contributed by atoms with Gasteiger partial charge in [-0.3, -0.25) is 4.90 Å². The topological polar surface area (TPSA) is 69.9 Å². The summed E-state index contributed by atoms with van der Waals surface area (Å²) in [5.41, 5.74) is 1.08. The molecule has 2 aliphatic heterocycles. The molecular weight excluding hydrogens is 346 g/mol. The molecule has 0 unspecified atom stereocenters. The molecule has 0 amide bonds. The minimum Gasteiger partial charge on any atom is -0.496 e. The maximum absolute atomic E-state index is 5.85. The van der Waals surface area contributed by atoms with Crippen LogP contribution in [0.2, 0.25) is 0 Å². The summed E-state index contributed by atoms with van der Waals surface area (Å²) in [7, 11) is 1.69. The number of hydrogen-bond acceptors (Lipinski definition) is 7. The Morgan fingerprint density at radius 2 is 1.96 bits per heavy atom. The number of fused-ring (bicyclic) bond motifs is 1. The highest BCUT2D eigenvalue weighted by Crippen LogP contribution is 2.39. The van der Waals surface area contributed by atoms with Crippen LogP contribution in [0.3, 0.4) is 0 Å². The van der Waals surface area contributed by atoms with Crippen molar-refractivity contribution in [2.45, 2.75) is 51.6 Å². The summed E-state index contributed by atoms with van der Waals surface area (Å²) >= 11 is 0. The van der Waals surface area contributed by atoms with Crippen molar-refractivity contribution in [2.75, 3.05) is 26.9 Å². The first-order chi connectivity index (χ1) is 13.2. The van der Waals surface area contributed by atoms with Gasteiger partial charge in [-0.2, -0.15) is 4.98 Å². The third kappa shape index (κ3) is 3.74. The number of benzene rings is 1. The highest BCUT2D eigenvalue weighted by molar-refractivity contribution is 5.51. The third-order valence-electron chi connectivity index (χ3n) is 5.15. The molecule has 0 bridgehead atoms. The summed E-state index contributed by atoms with van der Waals surface area (Å²) in [6, 6.07) is 4.12. The second kappa shape index (κ2) is 7.76. The van der Waals surface area contributed by atoms with Crippen LogP contribution in [0.5, 0.6) is 17.2 Å². The molecule has 0 aliphatic carbocycles. The number of rotatable bonds is 5. The van der Waals surface area contributed by atoms with Crippen LogP contribution in [-0.4, -0.2) is 41.9 Å². The average molecular weight is 373 g/mol. The molecule has 1 aromatic heterocycles. The second-order valence-electron chi connectivity index (χ2n) is 7.44. The number of nitrogens with zero attached hydrogens (tertiary/aromatic N) is 3. The third-order valence-corrected chi connectivity index (χ3v) is 5.15. The van der Waals surface area contributed by atoms with Crippen molar-refractivity contribution < 1.29 is 18.7 Å². The van der Waals surface area contributed by atoms with E-state index in [9.17, 15) is 0 Å². The van der Waals surface area contributed by atoms with Gasteiger partial charge in [-0.25, -0.2) is 0 Å². The van der Waals surface area contributed by atoms with Crippen LogP contribution in [0.1, 0.15) is 62.3 Å². The smallest absolute Gasteiger partial charge is 0.244 e. The predicted molar refractivity (Wildman–Crippen MR) is 99.4 cm³/mol. The van der Waals surface area contributed by atoms with Gasteiger partial charge in [0.25, 0.3) is 0 Å². The first-order valence-electron chi connectivity index (χ1n) is 9.69. The molecule has 2 aromatic rings. The highest BCUT2D eigenvalue weighted by atomic mass is 16.5. The predicted octanol–water partition coefficient (Wildman–Crippen LogP) is 3.70. The van der Waals surface area contributed by atoms with Crippen molar-refractivity contribution in [3.8, 4) is 17.2 Å². The van der Waals surface area contributed by atoms with E-state index in [-0.39, 0.29) is 12.0 Å². The van der Waals surface area contributed by atoms with Crippen molar-refractivity contribution in [1.29, 1.82) is 0 Å². The van der Waals surface area contributed by atoms with Crippen molar-refractivity contribution in [1.82, 2.24) is 15.0 Å². The van der Waals surface area contributed by atoms with Crippen LogP contribution in [0, 0.1) is 0 Å². The molecule has 2 aliphatic rings. The minimum atomic E-state index is 0.144. The van der Waals surface area contributed by atoms with Gasteiger partial charge in [-0.15, -0.1) is 0 Å². The van der Waals surface area contributed by atoms with E-state index in [0.717, 1.165) is 61.0 Å². The lowest BCUT2D eigenvalue weighted by Gasteiger charge is -2.23. The Hall–Kier alpha value is -2.28. The summed E-state index contributed by atoms with van der Waals surface area (Å²) in [4.78, 5) is 6.99. The summed E-state index contributed by atoms with van der Waals surface area (Å²) in [5.74, 6) is 4.11. The Bertz CT molecular complexity index is 790. The Morgan fingerprint density at radius 3 is 2.67 bits per heavy atom. The van der Waals surface area contributed by atoms with E-state index in [4.69, 9.17) is 18.7 Å². The van der Waals surface area contributed by atoms with E-state index in [2.05, 4.69) is 28.9 Å². The quantitative estimate of drug-likeness (QED) is 0.791. The fourth-order valence-corrected chi connectivity index (χ4v) is 3.68. The fourth-order valence-electron chi connectivity index (χ4n) is 3.68. The molecule has 7 nitrogen and oxygen atoms in total. The molecule has 146 valence electrons. The number of ether oxygens (including phenoxy) is 3. The maximum Gasteiger partial charge on any atom is 0.244 e. The highest BCUT2D eigenvalue weighted by Gasteiger charge is 2.32. The standard InChI is InChI=1S/C20H27N3O4/c1-13(2)19-21-20(27-22-19)15-6-4-7-23(15)12-14-10-17-18(11-16(14)24-3)26-9-5-8-25-17/h10-11,13,15H,4-9,12H2,1-3H3/t15-/m0/s1. The lowest BCUT2D eigenvalue weighted by molar-refractivity contribution is 0.198. The van der Waals surface area contributed by atoms with E-state index in [1.807, 2.05) is 12.1 Å². The zero-order chi connectivity index (χ0) is 18.8. The first-order valence-corrected chi connectivity index (χ1v) is 9.69. The summed E-state index contributed by atoms with van der Waals surface area (Å²) < 4.78 is 22.8. The van der Waals surface area contributed by atoms with Crippen LogP contribution in [0.25, 0.3) is 0 Å². The molecular formula is C20H27N3O4. The minimum absolute atomic E-state index is 0.144. The zero-order valence-corrected chi connectivity index (χ0v) is 16.2. The van der Waals surface area contributed by atoms with E-state index in [1.165, 1.54) is 0 Å². The Labute approximate surface area is 159 Å². The summed E-state index contributed by atoms with van der Waals surface area (Å²) in [5, 5.41) is 4.13. The molecule has 1 fully saturated rings. The molecule has 1 aromatic carbocycles. The second-order valence-corrected chi connectivity index (χ2v) is 7.44. The molecule has 0 radical (unpaired) electrons. The fraction of sp³-hybridized carbons (Fsp3) is 0.600. The van der Waals surface area contributed by atoms with Gasteiger partial charge in [0.2, 0.25) is 5.89 Å². The van der Waals surface area contributed by atoms with E-state index in [1.54, 1.807) is 7.11 Å². The van der Waals surface area contributed by atoms with E-state index >= 15 is 0 Å². The van der Waals surface area contributed by atoms with Gasteiger partial charge in [-0.05, 0) is 25.5 Å². The van der Waals surface area contributed by atoms with Crippen molar-refractivity contribution >= 4 is 0 Å². The van der Waals surface area contributed by atoms with Crippen LogP contribution < -0.4 is 14.2 Å². The number of hydrogen-bond donors (Lipinski definition) is 0. The molecule has 27 heavy (non-hydrogen) atoms.